The van der Waals surface area contributed by atoms with Crippen LogP contribution in [0.4, 0.5) is 10.1 Å². The molecule has 0 aliphatic rings. The Labute approximate surface area is 154 Å². The van der Waals surface area contributed by atoms with Gasteiger partial charge in [-0.15, -0.1) is 0 Å². The van der Waals surface area contributed by atoms with Crippen molar-refractivity contribution in [3.8, 4) is 0 Å². The first-order valence-electron chi connectivity index (χ1n) is 7.81. The number of rotatable bonds is 5. The van der Waals surface area contributed by atoms with E-state index in [0.717, 1.165) is 12.1 Å². The number of carboxylic acid groups (broad SMARTS) is 1. The lowest BCUT2D eigenvalue weighted by Crippen LogP contribution is -2.23. The maximum atomic E-state index is 13.9. The Morgan fingerprint density at radius 1 is 0.926 bits per heavy atom. The Morgan fingerprint density at radius 3 is 2.19 bits per heavy atom. The number of anilines is 1. The number of hydrogen-bond donors (Lipinski definition) is 2. The summed E-state index contributed by atoms with van der Waals surface area (Å²) in [4.78, 5) is 22.8. The van der Waals surface area contributed by atoms with Crippen molar-refractivity contribution in [2.24, 2.45) is 0 Å². The van der Waals surface area contributed by atoms with Gasteiger partial charge in [0.15, 0.2) is 9.84 Å². The number of amides is 1. The molecule has 3 aromatic rings. The molecule has 0 fully saturated rings. The molecular formula is C19H14FNO5S. The third kappa shape index (κ3) is 3.95. The number of nitrogens with one attached hydrogen (secondary N) is 1. The topological polar surface area (TPSA) is 101 Å². The summed E-state index contributed by atoms with van der Waals surface area (Å²) in [6.45, 7) is 0. The van der Waals surface area contributed by atoms with Gasteiger partial charge in [-0.3, -0.25) is 4.79 Å². The zero-order valence-electron chi connectivity index (χ0n) is 13.8. The molecule has 2 N–H and O–H groups in total. The van der Waals surface area contributed by atoms with E-state index in [2.05, 4.69) is 5.32 Å². The molecule has 8 heteroatoms. The number of benzene rings is 3. The van der Waals surface area contributed by atoms with Crippen molar-refractivity contribution >= 4 is 38.2 Å². The maximum absolute atomic E-state index is 13.9. The van der Waals surface area contributed by atoms with Crippen LogP contribution in [0.1, 0.15) is 10.4 Å². The van der Waals surface area contributed by atoms with Crippen LogP contribution >= 0.6 is 0 Å². The van der Waals surface area contributed by atoms with Crippen molar-refractivity contribution in [3.05, 3.63) is 72.0 Å². The van der Waals surface area contributed by atoms with Crippen LogP contribution < -0.4 is 5.32 Å². The van der Waals surface area contributed by atoms with Crippen molar-refractivity contribution in [2.75, 3.05) is 11.1 Å². The Morgan fingerprint density at radius 2 is 1.56 bits per heavy atom. The predicted molar refractivity (Wildman–Crippen MR) is 98.0 cm³/mol. The standard InChI is InChI=1S/C19H14FNO5S/c20-16-9-10-17(15-4-2-1-3-14(15)16)27(25,26)11-18(22)21-13-7-5-12(6-8-13)19(23)24/h1-10H,11H2,(H,21,22)(H,23,24). The number of carbonyl (C=O) groups excluding carboxylic acids is 1. The molecule has 0 atom stereocenters. The fraction of sp³-hybridized carbons (Fsp3) is 0.0526. The van der Waals surface area contributed by atoms with Crippen molar-refractivity contribution < 1.29 is 27.5 Å². The van der Waals surface area contributed by atoms with E-state index < -0.39 is 33.3 Å². The summed E-state index contributed by atoms with van der Waals surface area (Å²) in [6, 6.07) is 13.6. The van der Waals surface area contributed by atoms with E-state index in [1.54, 1.807) is 12.1 Å². The van der Waals surface area contributed by atoms with Gasteiger partial charge >= 0.3 is 5.97 Å². The number of fused-ring (bicyclic) bond motifs is 1. The molecule has 6 nitrogen and oxygen atoms in total. The van der Waals surface area contributed by atoms with Gasteiger partial charge in [0.1, 0.15) is 11.6 Å². The van der Waals surface area contributed by atoms with Crippen LogP contribution in [0.15, 0.2) is 65.6 Å². The monoisotopic (exact) mass is 387 g/mol. The highest BCUT2D eigenvalue weighted by Crippen LogP contribution is 2.26. The third-order valence-electron chi connectivity index (χ3n) is 3.90. The maximum Gasteiger partial charge on any atom is 0.335 e. The highest BCUT2D eigenvalue weighted by Gasteiger charge is 2.22. The van der Waals surface area contributed by atoms with Gasteiger partial charge in [0.25, 0.3) is 0 Å². The van der Waals surface area contributed by atoms with Gasteiger partial charge in [0, 0.05) is 16.5 Å². The second kappa shape index (κ2) is 7.16. The fourth-order valence-electron chi connectivity index (χ4n) is 2.65. The van der Waals surface area contributed by atoms with Crippen molar-refractivity contribution in [3.63, 3.8) is 0 Å². The minimum absolute atomic E-state index is 0.0402. The molecule has 0 spiro atoms. The normalized spacial score (nSPS) is 11.3. The second-order valence-corrected chi connectivity index (χ2v) is 7.74. The lowest BCUT2D eigenvalue weighted by atomic mass is 10.1. The molecule has 0 saturated carbocycles. The summed E-state index contributed by atoms with van der Waals surface area (Å²) < 4.78 is 39.2. The number of hydrogen-bond acceptors (Lipinski definition) is 4. The minimum Gasteiger partial charge on any atom is -0.478 e. The first-order valence-corrected chi connectivity index (χ1v) is 9.46. The molecule has 0 heterocycles. The zero-order valence-corrected chi connectivity index (χ0v) is 14.7. The molecular weight excluding hydrogens is 373 g/mol. The zero-order chi connectivity index (χ0) is 19.6. The van der Waals surface area contributed by atoms with Crippen LogP contribution in [0.25, 0.3) is 10.8 Å². The smallest absolute Gasteiger partial charge is 0.335 e. The molecule has 3 rings (SSSR count). The third-order valence-corrected chi connectivity index (χ3v) is 5.57. The van der Waals surface area contributed by atoms with E-state index in [1.807, 2.05) is 0 Å². The molecule has 1 amide bonds. The van der Waals surface area contributed by atoms with E-state index in [4.69, 9.17) is 5.11 Å². The van der Waals surface area contributed by atoms with Crippen LogP contribution in [0.2, 0.25) is 0 Å². The Hall–Kier alpha value is -3.26. The Bertz CT molecular complexity index is 1140. The van der Waals surface area contributed by atoms with E-state index in [9.17, 15) is 22.4 Å². The van der Waals surface area contributed by atoms with Crippen LogP contribution in [0.3, 0.4) is 0 Å². The summed E-state index contributed by atoms with van der Waals surface area (Å²) in [7, 11) is -4.02. The Kier molecular flexibility index (Phi) is 4.91. The molecule has 27 heavy (non-hydrogen) atoms. The summed E-state index contributed by atoms with van der Waals surface area (Å²) >= 11 is 0. The van der Waals surface area contributed by atoms with E-state index in [1.165, 1.54) is 36.4 Å². The number of aromatic carboxylic acids is 1. The average molecular weight is 387 g/mol. The molecule has 0 aliphatic heterocycles. The molecule has 0 aromatic heterocycles. The molecule has 0 aliphatic carbocycles. The lowest BCUT2D eigenvalue weighted by Gasteiger charge is -2.10. The molecule has 0 saturated heterocycles. The quantitative estimate of drug-likeness (QED) is 0.655. The highest BCUT2D eigenvalue weighted by molar-refractivity contribution is 7.92. The first-order chi connectivity index (χ1) is 12.8. The number of sulfone groups is 1. The van der Waals surface area contributed by atoms with Crippen LogP contribution in [-0.2, 0) is 14.6 Å². The molecule has 3 aromatic carbocycles. The summed E-state index contributed by atoms with van der Waals surface area (Å²) in [5, 5.41) is 11.6. The molecule has 0 radical (unpaired) electrons. The van der Waals surface area contributed by atoms with Crippen molar-refractivity contribution in [1.82, 2.24) is 0 Å². The van der Waals surface area contributed by atoms with Crippen LogP contribution in [-0.4, -0.2) is 31.2 Å². The minimum atomic E-state index is -4.02. The largest absolute Gasteiger partial charge is 0.478 e. The predicted octanol–water partition coefficient (Wildman–Crippen LogP) is 3.09. The van der Waals surface area contributed by atoms with Crippen molar-refractivity contribution in [1.29, 1.82) is 0 Å². The molecule has 138 valence electrons. The fourth-order valence-corrected chi connectivity index (χ4v) is 4.01. The van der Waals surface area contributed by atoms with Gasteiger partial charge in [0.05, 0.1) is 10.5 Å². The van der Waals surface area contributed by atoms with Gasteiger partial charge in [-0.25, -0.2) is 17.6 Å². The highest BCUT2D eigenvalue weighted by atomic mass is 32.2. The lowest BCUT2D eigenvalue weighted by molar-refractivity contribution is -0.113. The summed E-state index contributed by atoms with van der Waals surface area (Å²) in [6.07, 6.45) is 0. The van der Waals surface area contributed by atoms with Gasteiger partial charge in [0.2, 0.25) is 5.91 Å². The molecule has 0 bridgehead atoms. The van der Waals surface area contributed by atoms with Gasteiger partial charge in [-0.05, 0) is 36.4 Å². The number of carboxylic acids is 1. The van der Waals surface area contributed by atoms with Gasteiger partial charge in [-0.2, -0.15) is 0 Å². The van der Waals surface area contributed by atoms with Gasteiger partial charge < -0.3 is 10.4 Å². The molecule has 0 unspecified atom stereocenters. The van der Waals surface area contributed by atoms with Crippen LogP contribution in [0, 0.1) is 5.82 Å². The van der Waals surface area contributed by atoms with E-state index >= 15 is 0 Å². The average Bonchev–Trinajstić information content (AvgIpc) is 2.62. The SMILES string of the molecule is O=C(CS(=O)(=O)c1ccc(F)c2ccccc12)Nc1ccc(C(=O)O)cc1. The summed E-state index contributed by atoms with van der Waals surface area (Å²) in [5.74, 6) is -3.28. The van der Waals surface area contributed by atoms with E-state index in [-0.39, 0.29) is 26.9 Å². The second-order valence-electron chi connectivity index (χ2n) is 5.78. The van der Waals surface area contributed by atoms with E-state index in [0.29, 0.717) is 0 Å². The number of halogens is 1. The van der Waals surface area contributed by atoms with Crippen LogP contribution in [0.5, 0.6) is 0 Å². The number of carbonyl (C=O) groups is 2. The van der Waals surface area contributed by atoms with Crippen molar-refractivity contribution in [2.45, 2.75) is 4.90 Å². The van der Waals surface area contributed by atoms with Gasteiger partial charge in [-0.1, -0.05) is 24.3 Å². The first kappa shape index (κ1) is 18.5. The summed E-state index contributed by atoms with van der Waals surface area (Å²) in [5.41, 5.74) is 0.308. The Balaban J connectivity index is 1.83.